The number of carbonyl (C=O) groups excluding carboxylic acids is 1. The standard InChI is InChI=1S/C23H32N4O2S/c1-17(2)29-16-4-13-24-23(28)19-11-14-27(15-12-19)21-9-10-22(26-25-21)30-20-7-5-18(3)6-8-20/h5-10,17,19H,4,11-16H2,1-3H3,(H,24,28). The minimum Gasteiger partial charge on any atom is -0.379 e. The Bertz CT molecular complexity index is 788. The molecule has 30 heavy (non-hydrogen) atoms. The summed E-state index contributed by atoms with van der Waals surface area (Å²) in [5.41, 5.74) is 1.25. The molecule has 1 saturated heterocycles. The summed E-state index contributed by atoms with van der Waals surface area (Å²) in [7, 11) is 0. The molecular weight excluding hydrogens is 396 g/mol. The highest BCUT2D eigenvalue weighted by Gasteiger charge is 2.25. The molecule has 1 fully saturated rings. The third kappa shape index (κ3) is 6.99. The maximum Gasteiger partial charge on any atom is 0.223 e. The van der Waals surface area contributed by atoms with Crippen molar-refractivity contribution in [1.29, 1.82) is 0 Å². The van der Waals surface area contributed by atoms with Crippen LogP contribution in [-0.4, -0.2) is 48.4 Å². The maximum absolute atomic E-state index is 12.4. The quantitative estimate of drug-likeness (QED) is 0.607. The number of nitrogens with one attached hydrogen (secondary N) is 1. The average Bonchev–Trinajstić information content (AvgIpc) is 2.75. The zero-order valence-electron chi connectivity index (χ0n) is 18.1. The number of amides is 1. The first-order chi connectivity index (χ1) is 14.5. The number of hydrogen-bond acceptors (Lipinski definition) is 6. The molecule has 2 aromatic rings. The lowest BCUT2D eigenvalue weighted by Crippen LogP contribution is -2.41. The number of nitrogens with zero attached hydrogens (tertiary/aromatic N) is 3. The van der Waals surface area contributed by atoms with Crippen LogP contribution in [-0.2, 0) is 9.53 Å². The molecule has 1 aromatic carbocycles. The van der Waals surface area contributed by atoms with Crippen molar-refractivity contribution < 1.29 is 9.53 Å². The number of benzene rings is 1. The van der Waals surface area contributed by atoms with Gasteiger partial charge in [-0.3, -0.25) is 4.79 Å². The molecule has 1 amide bonds. The van der Waals surface area contributed by atoms with Gasteiger partial charge in [0.05, 0.1) is 6.10 Å². The third-order valence-electron chi connectivity index (χ3n) is 5.13. The summed E-state index contributed by atoms with van der Waals surface area (Å²) in [6.07, 6.45) is 2.78. The van der Waals surface area contributed by atoms with E-state index in [9.17, 15) is 4.79 Å². The first-order valence-electron chi connectivity index (χ1n) is 10.7. The van der Waals surface area contributed by atoms with Crippen LogP contribution < -0.4 is 10.2 Å². The summed E-state index contributed by atoms with van der Waals surface area (Å²) in [4.78, 5) is 15.7. The van der Waals surface area contributed by atoms with E-state index in [1.54, 1.807) is 11.8 Å². The number of rotatable bonds is 9. The van der Waals surface area contributed by atoms with Crippen LogP contribution in [0.4, 0.5) is 5.82 Å². The number of ether oxygens (including phenoxy) is 1. The van der Waals surface area contributed by atoms with Crippen molar-refractivity contribution in [3.63, 3.8) is 0 Å². The van der Waals surface area contributed by atoms with Crippen LogP contribution in [0.15, 0.2) is 46.3 Å². The summed E-state index contributed by atoms with van der Waals surface area (Å²) < 4.78 is 5.51. The molecule has 3 rings (SSSR count). The van der Waals surface area contributed by atoms with E-state index in [1.165, 1.54) is 5.56 Å². The lowest BCUT2D eigenvalue weighted by molar-refractivity contribution is -0.125. The van der Waals surface area contributed by atoms with Crippen molar-refractivity contribution in [2.24, 2.45) is 5.92 Å². The Balaban J connectivity index is 1.41. The Morgan fingerprint density at radius 2 is 1.90 bits per heavy atom. The summed E-state index contributed by atoms with van der Waals surface area (Å²) in [6, 6.07) is 12.4. The van der Waals surface area contributed by atoms with Crippen LogP contribution in [0, 0.1) is 12.8 Å². The van der Waals surface area contributed by atoms with Gasteiger partial charge in [-0.2, -0.15) is 0 Å². The Morgan fingerprint density at radius 1 is 1.17 bits per heavy atom. The molecule has 162 valence electrons. The monoisotopic (exact) mass is 428 g/mol. The fourth-order valence-electron chi connectivity index (χ4n) is 3.38. The predicted molar refractivity (Wildman–Crippen MR) is 121 cm³/mol. The van der Waals surface area contributed by atoms with Gasteiger partial charge in [-0.25, -0.2) is 0 Å². The smallest absolute Gasteiger partial charge is 0.223 e. The fourth-order valence-corrected chi connectivity index (χ4v) is 4.11. The average molecular weight is 429 g/mol. The fraction of sp³-hybridized carbons (Fsp3) is 0.522. The highest BCUT2D eigenvalue weighted by Crippen LogP contribution is 2.27. The molecule has 2 heterocycles. The van der Waals surface area contributed by atoms with E-state index in [2.05, 4.69) is 51.6 Å². The van der Waals surface area contributed by atoms with Gasteiger partial charge < -0.3 is 15.0 Å². The highest BCUT2D eigenvalue weighted by atomic mass is 32.2. The second-order valence-corrected chi connectivity index (χ2v) is 9.06. The molecule has 0 spiro atoms. The Morgan fingerprint density at radius 3 is 2.53 bits per heavy atom. The zero-order chi connectivity index (χ0) is 21.3. The molecule has 0 unspecified atom stereocenters. The molecule has 7 heteroatoms. The number of piperidine rings is 1. The first-order valence-corrected chi connectivity index (χ1v) is 11.6. The van der Waals surface area contributed by atoms with Gasteiger partial charge in [0.2, 0.25) is 5.91 Å². The van der Waals surface area contributed by atoms with Crippen molar-refractivity contribution in [2.75, 3.05) is 31.1 Å². The summed E-state index contributed by atoms with van der Waals surface area (Å²) in [6.45, 7) is 9.14. The molecule has 6 nitrogen and oxygen atoms in total. The molecule has 1 aliphatic rings. The minimum absolute atomic E-state index is 0.0802. The van der Waals surface area contributed by atoms with Gasteiger partial charge in [0.15, 0.2) is 5.82 Å². The van der Waals surface area contributed by atoms with Gasteiger partial charge in [0.1, 0.15) is 5.03 Å². The highest BCUT2D eigenvalue weighted by molar-refractivity contribution is 7.99. The molecule has 0 radical (unpaired) electrons. The lowest BCUT2D eigenvalue weighted by atomic mass is 9.96. The molecule has 0 saturated carbocycles. The Labute approximate surface area is 183 Å². The molecular formula is C23H32N4O2S. The molecule has 0 bridgehead atoms. The number of aryl methyl sites for hydroxylation is 1. The van der Waals surface area contributed by atoms with Crippen LogP contribution in [0.1, 0.15) is 38.7 Å². The van der Waals surface area contributed by atoms with E-state index >= 15 is 0 Å². The van der Waals surface area contributed by atoms with Crippen molar-refractivity contribution in [1.82, 2.24) is 15.5 Å². The van der Waals surface area contributed by atoms with Crippen LogP contribution in [0.2, 0.25) is 0 Å². The van der Waals surface area contributed by atoms with Crippen LogP contribution in [0.25, 0.3) is 0 Å². The van der Waals surface area contributed by atoms with Crippen molar-refractivity contribution in [3.8, 4) is 0 Å². The van der Waals surface area contributed by atoms with Gasteiger partial charge in [-0.1, -0.05) is 29.5 Å². The number of aromatic nitrogens is 2. The molecule has 1 N–H and O–H groups in total. The predicted octanol–water partition coefficient (Wildman–Crippen LogP) is 4.08. The van der Waals surface area contributed by atoms with Gasteiger partial charge in [-0.05, 0) is 64.3 Å². The second kappa shape index (κ2) is 11.3. The third-order valence-corrected chi connectivity index (χ3v) is 6.07. The lowest BCUT2D eigenvalue weighted by Gasteiger charge is -2.31. The topological polar surface area (TPSA) is 67.4 Å². The minimum atomic E-state index is 0.0802. The zero-order valence-corrected chi connectivity index (χ0v) is 19.0. The Hall–Kier alpha value is -2.12. The molecule has 0 aliphatic carbocycles. The second-order valence-electron chi connectivity index (χ2n) is 7.97. The van der Waals surface area contributed by atoms with Gasteiger partial charge in [-0.15, -0.1) is 10.2 Å². The maximum atomic E-state index is 12.4. The summed E-state index contributed by atoms with van der Waals surface area (Å²) >= 11 is 1.61. The molecule has 1 aliphatic heterocycles. The van der Waals surface area contributed by atoms with E-state index in [0.29, 0.717) is 13.2 Å². The van der Waals surface area contributed by atoms with Gasteiger partial charge >= 0.3 is 0 Å². The summed E-state index contributed by atoms with van der Waals surface area (Å²) in [5.74, 6) is 1.12. The van der Waals surface area contributed by atoms with Crippen LogP contribution in [0.5, 0.6) is 0 Å². The number of carbonyl (C=O) groups is 1. The van der Waals surface area contributed by atoms with Gasteiger partial charge in [0.25, 0.3) is 0 Å². The normalized spacial score (nSPS) is 14.9. The number of hydrogen-bond donors (Lipinski definition) is 1. The van der Waals surface area contributed by atoms with Crippen LogP contribution >= 0.6 is 11.8 Å². The van der Waals surface area contributed by atoms with E-state index in [-0.39, 0.29) is 17.9 Å². The Kier molecular flexibility index (Phi) is 8.51. The van der Waals surface area contributed by atoms with Crippen molar-refractivity contribution in [2.45, 2.75) is 56.1 Å². The summed E-state index contributed by atoms with van der Waals surface area (Å²) in [5, 5.41) is 12.7. The number of anilines is 1. The molecule has 1 aromatic heterocycles. The SMILES string of the molecule is Cc1ccc(Sc2ccc(N3CCC(C(=O)NCCCOC(C)C)CC3)nn2)cc1. The molecule has 0 atom stereocenters. The van der Waals surface area contributed by atoms with Crippen LogP contribution in [0.3, 0.4) is 0 Å². The largest absolute Gasteiger partial charge is 0.379 e. The van der Waals surface area contributed by atoms with E-state index < -0.39 is 0 Å². The van der Waals surface area contributed by atoms with Gasteiger partial charge in [0, 0.05) is 37.1 Å². The van der Waals surface area contributed by atoms with E-state index in [4.69, 9.17) is 4.74 Å². The van der Waals surface area contributed by atoms with Crippen molar-refractivity contribution >= 4 is 23.5 Å². The van der Waals surface area contributed by atoms with Crippen molar-refractivity contribution in [3.05, 3.63) is 42.0 Å². The van der Waals surface area contributed by atoms with E-state index in [1.807, 2.05) is 26.0 Å². The van der Waals surface area contributed by atoms with E-state index in [0.717, 1.165) is 48.1 Å². The first kappa shape index (κ1) is 22.6.